The van der Waals surface area contributed by atoms with Gasteiger partial charge >= 0.3 is 10.0 Å². The third kappa shape index (κ3) is 3.79. The molecular formula is C13H15N3O3S2. The molecule has 8 heteroatoms. The average Bonchev–Trinajstić information content (AvgIpc) is 2.87. The van der Waals surface area contributed by atoms with E-state index in [4.69, 9.17) is 4.74 Å². The normalized spacial score (nSPS) is 11.9. The largest absolute Gasteiger partial charge is 0.490 e. The first-order chi connectivity index (χ1) is 9.92. The van der Waals surface area contributed by atoms with E-state index < -0.39 is 10.0 Å². The molecule has 0 aliphatic heterocycles. The van der Waals surface area contributed by atoms with E-state index in [-0.39, 0.29) is 4.34 Å². The second-order valence-electron chi connectivity index (χ2n) is 4.37. The van der Waals surface area contributed by atoms with Crippen LogP contribution in [0.5, 0.6) is 5.75 Å². The minimum atomic E-state index is -3.77. The van der Waals surface area contributed by atoms with Gasteiger partial charge in [-0.05, 0) is 18.2 Å². The summed E-state index contributed by atoms with van der Waals surface area (Å²) in [6.45, 7) is 3.97. The highest BCUT2D eigenvalue weighted by molar-refractivity contribution is 7.92. The van der Waals surface area contributed by atoms with Crippen molar-refractivity contribution in [1.82, 2.24) is 9.88 Å². The van der Waals surface area contributed by atoms with E-state index in [9.17, 15) is 8.42 Å². The van der Waals surface area contributed by atoms with E-state index in [1.807, 2.05) is 0 Å². The van der Waals surface area contributed by atoms with Gasteiger partial charge in [-0.3, -0.25) is 0 Å². The van der Waals surface area contributed by atoms with Crippen molar-refractivity contribution in [2.45, 2.75) is 4.34 Å². The molecular weight excluding hydrogens is 310 g/mol. The van der Waals surface area contributed by atoms with E-state index in [2.05, 4.69) is 16.0 Å². The van der Waals surface area contributed by atoms with Gasteiger partial charge in [0.25, 0.3) is 0 Å². The Morgan fingerprint density at radius 2 is 2.24 bits per heavy atom. The van der Waals surface area contributed by atoms with Gasteiger partial charge in [-0.25, -0.2) is 4.98 Å². The second-order valence-corrected chi connectivity index (χ2v) is 7.21. The Balaban J connectivity index is 2.36. The zero-order valence-electron chi connectivity index (χ0n) is 11.7. The van der Waals surface area contributed by atoms with Crippen LogP contribution in [0.4, 0.5) is 0 Å². The van der Waals surface area contributed by atoms with Crippen LogP contribution in [0.1, 0.15) is 0 Å². The highest BCUT2D eigenvalue weighted by Crippen LogP contribution is 2.29. The monoisotopic (exact) mass is 325 g/mol. The number of ether oxygens (including phenoxy) is 1. The molecule has 0 saturated carbocycles. The van der Waals surface area contributed by atoms with Crippen LogP contribution in [-0.4, -0.2) is 45.3 Å². The quantitative estimate of drug-likeness (QED) is 0.462. The maximum atomic E-state index is 12.0. The first kappa shape index (κ1) is 15.5. The Morgan fingerprint density at radius 1 is 1.48 bits per heavy atom. The van der Waals surface area contributed by atoms with Crippen LogP contribution in [-0.2, 0) is 10.0 Å². The Labute approximate surface area is 127 Å². The number of fused-ring (bicyclic) bond motifs is 1. The van der Waals surface area contributed by atoms with Crippen LogP contribution >= 0.6 is 11.3 Å². The fourth-order valence-electron chi connectivity index (χ4n) is 1.44. The molecule has 1 heterocycles. The van der Waals surface area contributed by atoms with Crippen LogP contribution in [0.2, 0.25) is 0 Å². The third-order valence-corrected chi connectivity index (χ3v) is 4.94. The van der Waals surface area contributed by atoms with Gasteiger partial charge in [0.1, 0.15) is 18.7 Å². The Hall–Kier alpha value is -1.93. The van der Waals surface area contributed by atoms with Crippen LogP contribution in [0.15, 0.2) is 39.6 Å². The number of aromatic nitrogens is 1. The molecule has 112 valence electrons. The summed E-state index contributed by atoms with van der Waals surface area (Å²) in [7, 11) is -0.379. The Kier molecular flexibility index (Phi) is 4.59. The molecule has 0 N–H and O–H groups in total. The SMILES string of the molecule is C=CCOc1ccc2nc(S(=O)(=O)N=CN(C)C)sc2c1. The zero-order valence-corrected chi connectivity index (χ0v) is 13.3. The van der Waals surface area contributed by atoms with Gasteiger partial charge < -0.3 is 9.64 Å². The first-order valence-electron chi connectivity index (χ1n) is 6.03. The van der Waals surface area contributed by atoms with Crippen molar-refractivity contribution in [2.24, 2.45) is 4.40 Å². The number of nitrogens with zero attached hydrogens (tertiary/aromatic N) is 3. The predicted molar refractivity (Wildman–Crippen MR) is 84.7 cm³/mol. The van der Waals surface area contributed by atoms with Crippen molar-refractivity contribution < 1.29 is 13.2 Å². The lowest BCUT2D eigenvalue weighted by atomic mass is 10.3. The summed E-state index contributed by atoms with van der Waals surface area (Å²) < 4.78 is 33.8. The second kappa shape index (κ2) is 6.23. The van der Waals surface area contributed by atoms with Crippen molar-refractivity contribution >= 4 is 37.9 Å². The standard InChI is InChI=1S/C13H15N3O3S2/c1-4-7-19-10-5-6-11-12(8-10)20-13(15-11)21(17,18)14-9-16(2)3/h4-6,8-9H,1,7H2,2-3H3. The number of hydrogen-bond donors (Lipinski definition) is 0. The minimum absolute atomic E-state index is 0.0310. The molecule has 1 aromatic heterocycles. The summed E-state index contributed by atoms with van der Waals surface area (Å²) >= 11 is 1.07. The van der Waals surface area contributed by atoms with Gasteiger partial charge in [0.05, 0.1) is 10.2 Å². The summed E-state index contributed by atoms with van der Waals surface area (Å²) in [5.41, 5.74) is 0.601. The van der Waals surface area contributed by atoms with E-state index in [1.165, 1.54) is 6.34 Å². The smallest absolute Gasteiger partial charge is 0.311 e. The molecule has 1 aromatic carbocycles. The maximum absolute atomic E-state index is 12.0. The lowest BCUT2D eigenvalue weighted by Crippen LogP contribution is -2.10. The molecule has 0 aliphatic carbocycles. The number of benzene rings is 1. The van der Waals surface area contributed by atoms with Crippen molar-refractivity contribution in [3.8, 4) is 5.75 Å². The highest BCUT2D eigenvalue weighted by Gasteiger charge is 2.18. The Morgan fingerprint density at radius 3 is 2.90 bits per heavy atom. The molecule has 0 atom stereocenters. The van der Waals surface area contributed by atoms with Crippen molar-refractivity contribution in [1.29, 1.82) is 0 Å². The molecule has 0 aliphatic rings. The lowest BCUT2D eigenvalue weighted by molar-refractivity contribution is 0.364. The number of sulfonamides is 1. The van der Waals surface area contributed by atoms with Crippen LogP contribution in [0.25, 0.3) is 10.2 Å². The first-order valence-corrected chi connectivity index (χ1v) is 8.29. The van der Waals surface area contributed by atoms with Crippen molar-refractivity contribution in [3.05, 3.63) is 30.9 Å². The fraction of sp³-hybridized carbons (Fsp3) is 0.231. The molecule has 0 unspecified atom stereocenters. The van der Waals surface area contributed by atoms with Crippen LogP contribution < -0.4 is 4.74 Å². The van der Waals surface area contributed by atoms with Gasteiger partial charge in [-0.15, -0.1) is 15.7 Å². The summed E-state index contributed by atoms with van der Waals surface area (Å²) in [5.74, 6) is 0.645. The summed E-state index contributed by atoms with van der Waals surface area (Å²) in [4.78, 5) is 5.65. The topological polar surface area (TPSA) is 71.9 Å². The molecule has 0 fully saturated rings. The third-order valence-electron chi connectivity index (χ3n) is 2.35. The predicted octanol–water partition coefficient (Wildman–Crippen LogP) is 2.14. The van der Waals surface area contributed by atoms with E-state index in [1.54, 1.807) is 43.3 Å². The van der Waals surface area contributed by atoms with Gasteiger partial charge in [0, 0.05) is 14.1 Å². The lowest BCUT2D eigenvalue weighted by Gasteiger charge is -2.01. The van der Waals surface area contributed by atoms with Gasteiger partial charge in [0.2, 0.25) is 4.34 Å². The molecule has 21 heavy (non-hydrogen) atoms. The van der Waals surface area contributed by atoms with Crippen molar-refractivity contribution in [3.63, 3.8) is 0 Å². The molecule has 0 radical (unpaired) electrons. The number of thiazole rings is 1. The summed E-state index contributed by atoms with van der Waals surface area (Å²) in [6, 6.07) is 5.22. The molecule has 0 bridgehead atoms. The molecule has 0 spiro atoms. The molecule has 2 rings (SSSR count). The van der Waals surface area contributed by atoms with Crippen LogP contribution in [0, 0.1) is 0 Å². The summed E-state index contributed by atoms with van der Waals surface area (Å²) in [5, 5.41) is 0. The fourth-order valence-corrected chi connectivity index (χ4v) is 3.60. The van der Waals surface area contributed by atoms with Gasteiger partial charge in [-0.2, -0.15) is 8.42 Å². The number of hydrogen-bond acceptors (Lipinski definition) is 5. The van der Waals surface area contributed by atoms with Crippen LogP contribution in [0.3, 0.4) is 0 Å². The van der Waals surface area contributed by atoms with E-state index >= 15 is 0 Å². The minimum Gasteiger partial charge on any atom is -0.490 e. The maximum Gasteiger partial charge on any atom is 0.311 e. The van der Waals surface area contributed by atoms with E-state index in [0.717, 1.165) is 16.0 Å². The Bertz CT molecular complexity index is 779. The van der Waals surface area contributed by atoms with Gasteiger partial charge in [0.15, 0.2) is 0 Å². The molecule has 0 saturated heterocycles. The van der Waals surface area contributed by atoms with Crippen molar-refractivity contribution in [2.75, 3.05) is 20.7 Å². The zero-order chi connectivity index (χ0) is 15.5. The summed E-state index contributed by atoms with van der Waals surface area (Å²) in [6.07, 6.45) is 2.88. The molecule has 2 aromatic rings. The highest BCUT2D eigenvalue weighted by atomic mass is 32.2. The molecule has 6 nitrogen and oxygen atoms in total. The van der Waals surface area contributed by atoms with E-state index in [0.29, 0.717) is 17.9 Å². The average molecular weight is 325 g/mol. The number of rotatable bonds is 6. The van der Waals surface area contributed by atoms with Gasteiger partial charge in [-0.1, -0.05) is 12.7 Å². The molecule has 0 amide bonds.